The van der Waals surface area contributed by atoms with Crippen molar-refractivity contribution in [2.24, 2.45) is 0 Å². The molecule has 0 aromatic carbocycles. The Labute approximate surface area is 187 Å². The molecule has 0 saturated carbocycles. The van der Waals surface area contributed by atoms with E-state index in [2.05, 4.69) is 0 Å². The minimum atomic E-state index is -2.97. The summed E-state index contributed by atoms with van der Waals surface area (Å²) < 4.78 is 0. The van der Waals surface area contributed by atoms with Crippen LogP contribution in [0.3, 0.4) is 0 Å². The normalized spacial score (nSPS) is 9.40. The number of aliphatic hydroxyl groups is 2. The Morgan fingerprint density at radius 3 is 1.00 bits per heavy atom. The summed E-state index contributed by atoms with van der Waals surface area (Å²) >= 11 is 0. The van der Waals surface area contributed by atoms with Crippen molar-refractivity contribution in [2.75, 3.05) is 0 Å². The van der Waals surface area contributed by atoms with Gasteiger partial charge < -0.3 is 73.7 Å². The third kappa shape index (κ3) is 17.6. The Morgan fingerprint density at radius 2 is 0.867 bits per heavy atom. The van der Waals surface area contributed by atoms with Crippen molar-refractivity contribution in [3.63, 3.8) is 0 Å². The minimum absolute atomic E-state index is 0. The van der Waals surface area contributed by atoms with Crippen LogP contribution in [0.4, 0.5) is 0 Å². The molecule has 0 fully saturated rings. The molecule has 174 valence electrons. The summed E-state index contributed by atoms with van der Waals surface area (Å²) in [7, 11) is 0. The number of carbonyl (C=O) groups excluding carboxylic acids is 3. The van der Waals surface area contributed by atoms with E-state index in [0.29, 0.717) is 0 Å². The van der Waals surface area contributed by atoms with Crippen LogP contribution in [0, 0.1) is 0 Å². The third-order valence-electron chi connectivity index (χ3n) is 2.54. The van der Waals surface area contributed by atoms with Gasteiger partial charge >= 0.3 is 44.1 Å². The number of aliphatic carboxylic acids is 6. The zero-order valence-electron chi connectivity index (χ0n) is 15.3. The smallest absolute Gasteiger partial charge is 0.550 e. The molecule has 0 spiro atoms. The molecular weight excluding hydrogens is 619 g/mol. The topological polar surface area (TPSA) is 378 Å². The third-order valence-corrected chi connectivity index (χ3v) is 2.54. The van der Waals surface area contributed by atoms with Crippen LogP contribution in [0.1, 0.15) is 25.7 Å². The van der Waals surface area contributed by atoms with Gasteiger partial charge in [-0.15, -0.1) is 0 Å². The summed E-state index contributed by atoms with van der Waals surface area (Å²) in [6, 6.07) is 0. The average Bonchev–Trinajstić information content (AvgIpc) is 2.34. The summed E-state index contributed by atoms with van der Waals surface area (Å²) in [5.41, 5.74) is -5.71. The zero-order chi connectivity index (χ0) is 21.3. The fraction of sp³-hybridized carbons (Fsp3) is 0.500. The fourth-order valence-electron chi connectivity index (χ4n) is 1.40. The van der Waals surface area contributed by atoms with Crippen LogP contribution in [-0.4, -0.2) is 98.8 Å². The Hall–Kier alpha value is -2.50. The van der Waals surface area contributed by atoms with E-state index < -0.39 is 72.7 Å². The molecule has 0 bridgehead atoms. The number of carboxylic acid groups (broad SMARTS) is 6. The molecule has 0 aromatic heterocycles. The van der Waals surface area contributed by atoms with Crippen LogP contribution >= 0.6 is 0 Å². The molecule has 0 saturated heterocycles. The first kappa shape index (κ1) is 41.8. The molecule has 30 heavy (non-hydrogen) atoms. The van der Waals surface area contributed by atoms with Crippen molar-refractivity contribution in [3.05, 3.63) is 0 Å². The van der Waals surface area contributed by atoms with Gasteiger partial charge in [0.1, 0.15) is 5.60 Å². The first-order valence-electron chi connectivity index (χ1n) is 6.28. The Balaban J connectivity index is -0.0000000847. The number of carbonyl (C=O) groups is 6. The van der Waals surface area contributed by atoms with Crippen molar-refractivity contribution >= 4 is 62.0 Å². The van der Waals surface area contributed by atoms with E-state index in [1.54, 1.807) is 0 Å². The van der Waals surface area contributed by atoms with Crippen molar-refractivity contribution in [1.29, 1.82) is 0 Å². The summed E-state index contributed by atoms with van der Waals surface area (Å²) in [4.78, 5) is 60.5. The molecule has 0 aliphatic heterocycles. The second kappa shape index (κ2) is 17.4. The predicted molar refractivity (Wildman–Crippen MR) is 87.1 cm³/mol. The maximum atomic E-state index is 10.3. The van der Waals surface area contributed by atoms with Crippen molar-refractivity contribution in [1.82, 2.24) is 18.5 Å². The second-order valence-corrected chi connectivity index (χ2v) is 4.89. The number of rotatable bonds is 10. The second-order valence-electron chi connectivity index (χ2n) is 4.89. The van der Waals surface area contributed by atoms with Gasteiger partial charge in [-0.2, -0.15) is 0 Å². The van der Waals surface area contributed by atoms with Gasteiger partial charge in [0.05, 0.1) is 18.8 Å². The average molecular weight is 641 g/mol. The molecule has 0 atom stereocenters. The molecule has 0 rings (SSSR count). The van der Waals surface area contributed by atoms with Gasteiger partial charge in [0.25, 0.3) is 0 Å². The summed E-state index contributed by atoms with van der Waals surface area (Å²) in [6.45, 7) is 0. The van der Waals surface area contributed by atoms with Crippen LogP contribution in [0.15, 0.2) is 0 Å². The predicted octanol–water partition coefficient (Wildman–Crippen LogP) is -6.40. The molecule has 2 radical (unpaired) electrons. The SMILES string of the molecule is N.N.N.O=C(O)CC(O)(CC(=O)O)C(=O)O.O=C([O-])CC(O)(CC(=O)[O-])C(=O)[O-].[Bi+3]. The van der Waals surface area contributed by atoms with Crippen LogP contribution in [0.25, 0.3) is 0 Å². The first-order valence-corrected chi connectivity index (χ1v) is 6.28. The van der Waals surface area contributed by atoms with Crippen LogP contribution in [0.2, 0.25) is 0 Å². The molecule has 0 unspecified atom stereocenters. The maximum absolute atomic E-state index is 10.3. The Kier molecular flexibility index (Phi) is 24.2. The molecule has 0 heterocycles. The van der Waals surface area contributed by atoms with Gasteiger partial charge in [0.15, 0.2) is 5.60 Å². The van der Waals surface area contributed by atoms with Crippen LogP contribution in [0.5, 0.6) is 0 Å². The van der Waals surface area contributed by atoms with E-state index >= 15 is 0 Å². The number of hydrogen-bond acceptors (Lipinski definition) is 14. The molecule has 0 aromatic rings. The van der Waals surface area contributed by atoms with E-state index in [1.807, 2.05) is 0 Å². The fourth-order valence-corrected chi connectivity index (χ4v) is 1.40. The summed E-state index contributed by atoms with van der Waals surface area (Å²) in [5, 5.41) is 72.7. The molecule has 0 aliphatic rings. The van der Waals surface area contributed by atoms with Crippen molar-refractivity contribution in [2.45, 2.75) is 36.9 Å². The number of carboxylic acids is 6. The van der Waals surface area contributed by atoms with E-state index in [0.717, 1.165) is 0 Å². The van der Waals surface area contributed by atoms with Crippen LogP contribution in [-0.2, 0) is 28.8 Å². The molecular formula is C12H22BiN3O14. The van der Waals surface area contributed by atoms with Gasteiger partial charge in [-0.05, 0) is 0 Å². The summed E-state index contributed by atoms with van der Waals surface area (Å²) in [5.74, 6) is -11.0. The number of hydrogen-bond donors (Lipinski definition) is 8. The zero-order valence-corrected chi connectivity index (χ0v) is 18.8. The summed E-state index contributed by atoms with van der Waals surface area (Å²) in [6.07, 6.45) is -5.00. The quantitative estimate of drug-likeness (QED) is 0.103. The monoisotopic (exact) mass is 641 g/mol. The van der Waals surface area contributed by atoms with Gasteiger partial charge in [-0.1, -0.05) is 0 Å². The molecule has 18 heteroatoms. The Bertz CT molecular complexity index is 527. The van der Waals surface area contributed by atoms with E-state index in [1.165, 1.54) is 0 Å². The van der Waals surface area contributed by atoms with E-state index in [9.17, 15) is 44.1 Å². The van der Waals surface area contributed by atoms with Gasteiger partial charge in [-0.25, -0.2) is 4.79 Å². The van der Waals surface area contributed by atoms with E-state index in [4.69, 9.17) is 25.5 Å². The van der Waals surface area contributed by atoms with Gasteiger partial charge in [0, 0.05) is 24.8 Å². The molecule has 17 nitrogen and oxygen atoms in total. The van der Waals surface area contributed by atoms with E-state index in [-0.39, 0.29) is 44.7 Å². The van der Waals surface area contributed by atoms with Gasteiger partial charge in [-0.3, -0.25) is 9.59 Å². The largest absolute Gasteiger partial charge is 3.00 e. The van der Waals surface area contributed by atoms with Crippen molar-refractivity contribution in [3.8, 4) is 0 Å². The molecule has 0 aliphatic carbocycles. The van der Waals surface area contributed by atoms with Crippen molar-refractivity contribution < 1.29 is 69.6 Å². The Morgan fingerprint density at radius 1 is 0.600 bits per heavy atom. The van der Waals surface area contributed by atoms with Crippen LogP contribution < -0.4 is 33.8 Å². The van der Waals surface area contributed by atoms with Gasteiger partial charge in [0.2, 0.25) is 0 Å². The first-order chi connectivity index (χ1) is 11.6. The standard InChI is InChI=1S/2C6H8O7.Bi.3H3N/c2*7-3(8)1-6(13,5(11)12)2-4(9)10;;;;/h2*13H,1-2H2,(H,7,8)(H,9,10)(H,11,12);;3*1H3/q;;+3;;;/p-3. The maximum Gasteiger partial charge on any atom is 3.00 e. The minimum Gasteiger partial charge on any atom is -0.550 e. The molecule has 14 N–H and O–H groups in total. The molecule has 0 amide bonds.